The van der Waals surface area contributed by atoms with Crippen molar-refractivity contribution in [3.8, 4) is 0 Å². The molecule has 0 heterocycles. The van der Waals surface area contributed by atoms with Gasteiger partial charge in [0.25, 0.3) is 7.82 Å². The van der Waals surface area contributed by atoms with Gasteiger partial charge in [0.2, 0.25) is 0 Å². The smallest absolute Gasteiger partial charge is 0.755 e. The molecule has 74 valence electrons. The Bertz CT molecular complexity index is 159. The van der Waals surface area contributed by atoms with Crippen molar-refractivity contribution in [3.05, 3.63) is 0 Å². The van der Waals surface area contributed by atoms with E-state index in [4.69, 9.17) is 5.73 Å². The van der Waals surface area contributed by atoms with Gasteiger partial charge >= 0.3 is 29.6 Å². The summed E-state index contributed by atoms with van der Waals surface area (Å²) in [6.45, 7) is 2.49. The molecule has 0 aliphatic carbocycles. The number of nitrogens with one attached hydrogen (secondary N) is 1. The molecule has 0 aromatic carbocycles. The van der Waals surface area contributed by atoms with Crippen LogP contribution < -0.4 is 45.7 Å². The molecule has 3 N–H and O–H groups in total. The van der Waals surface area contributed by atoms with Crippen LogP contribution in [-0.2, 0) is 13.7 Å². The van der Waals surface area contributed by atoms with Crippen LogP contribution in [0.4, 0.5) is 0 Å². The third-order valence-electron chi connectivity index (χ3n) is 0.876. The van der Waals surface area contributed by atoms with Gasteiger partial charge in [0.05, 0.1) is 6.61 Å². The number of hydroxylamine groups is 1. The third-order valence-corrected chi connectivity index (χ3v) is 1.73. The zero-order valence-corrected chi connectivity index (χ0v) is 10.9. The molecule has 0 aliphatic heterocycles. The second kappa shape index (κ2) is 9.58. The molecule has 0 aromatic rings. The summed E-state index contributed by atoms with van der Waals surface area (Å²) in [6, 6.07) is 0. The van der Waals surface area contributed by atoms with Crippen molar-refractivity contribution in [2.24, 2.45) is 5.73 Å². The number of phosphoric ester groups is 1. The summed E-state index contributed by atoms with van der Waals surface area (Å²) >= 11 is 0. The average molecular weight is 220 g/mol. The zero-order chi connectivity index (χ0) is 9.45. The van der Waals surface area contributed by atoms with Gasteiger partial charge in [0, 0.05) is 13.1 Å². The van der Waals surface area contributed by atoms with Gasteiger partial charge in [-0.3, -0.25) is 4.57 Å². The van der Waals surface area contributed by atoms with Gasteiger partial charge in [-0.15, -0.1) is 0 Å². The summed E-state index contributed by atoms with van der Waals surface area (Å²) in [7, 11) is -4.16. The van der Waals surface area contributed by atoms with Crippen LogP contribution in [0.2, 0.25) is 0 Å². The van der Waals surface area contributed by atoms with Crippen molar-refractivity contribution in [3.63, 3.8) is 0 Å². The first-order valence-electron chi connectivity index (χ1n) is 3.69. The molecule has 0 amide bonds. The molecular weight excluding hydrogens is 206 g/mol. The van der Waals surface area contributed by atoms with E-state index < -0.39 is 7.82 Å². The molecule has 1 atom stereocenters. The monoisotopic (exact) mass is 220 g/mol. The third kappa shape index (κ3) is 11.0. The van der Waals surface area contributed by atoms with Crippen LogP contribution >= 0.6 is 7.82 Å². The first-order chi connectivity index (χ1) is 5.62. The van der Waals surface area contributed by atoms with Gasteiger partial charge in [0.1, 0.15) is 0 Å². The maximum Gasteiger partial charge on any atom is 1.00 e. The molecule has 6 nitrogen and oxygen atoms in total. The molecule has 0 aromatic heterocycles. The second-order valence-electron chi connectivity index (χ2n) is 2.05. The Morgan fingerprint density at radius 3 is 2.69 bits per heavy atom. The quantitative estimate of drug-likeness (QED) is 0.199. The van der Waals surface area contributed by atoms with Gasteiger partial charge in [-0.05, 0) is 6.42 Å². The molecule has 0 fully saturated rings. The van der Waals surface area contributed by atoms with Crippen molar-refractivity contribution in [1.82, 2.24) is 5.48 Å². The van der Waals surface area contributed by atoms with E-state index in [9.17, 15) is 9.46 Å². The van der Waals surface area contributed by atoms with Crippen LogP contribution in [0, 0.1) is 0 Å². The predicted octanol–water partition coefficient (Wildman–Crippen LogP) is -3.63. The minimum atomic E-state index is -4.16. The number of phosphoric acid groups is 1. The fraction of sp³-hybridized carbons (Fsp3) is 1.00. The summed E-state index contributed by atoms with van der Waals surface area (Å²) in [4.78, 5) is 10.7. The van der Waals surface area contributed by atoms with Crippen molar-refractivity contribution in [1.29, 1.82) is 0 Å². The van der Waals surface area contributed by atoms with E-state index in [1.165, 1.54) is 0 Å². The molecule has 0 radical (unpaired) electrons. The fourth-order valence-corrected chi connectivity index (χ4v) is 1.12. The summed E-state index contributed by atoms with van der Waals surface area (Å²) < 4.78 is 19.4. The number of hydrogen-bond donors (Lipinski definition) is 2. The molecule has 13 heavy (non-hydrogen) atoms. The molecule has 0 aliphatic rings. The molecule has 1 unspecified atom stereocenters. The van der Waals surface area contributed by atoms with Crippen LogP contribution in [0.25, 0.3) is 0 Å². The molecule has 0 saturated heterocycles. The number of hydrogen-bond acceptors (Lipinski definition) is 6. The Balaban J connectivity index is 0. The van der Waals surface area contributed by atoms with Gasteiger partial charge in [-0.2, -0.15) is 5.48 Å². The molecule has 0 spiro atoms. The van der Waals surface area contributed by atoms with Crippen molar-refractivity contribution >= 4 is 7.82 Å². The summed E-state index contributed by atoms with van der Waals surface area (Å²) in [5.74, 6) is 0. The Morgan fingerprint density at radius 1 is 1.62 bits per heavy atom. The zero-order valence-electron chi connectivity index (χ0n) is 7.99. The summed E-state index contributed by atoms with van der Waals surface area (Å²) in [5, 5.41) is 0. The minimum Gasteiger partial charge on any atom is -0.755 e. The SMILES string of the molecule is CCCOP(=O)([O-])ONCCN.[Na+]. The van der Waals surface area contributed by atoms with Crippen LogP contribution in [0.5, 0.6) is 0 Å². The van der Waals surface area contributed by atoms with Gasteiger partial charge < -0.3 is 15.2 Å². The number of rotatable bonds is 7. The van der Waals surface area contributed by atoms with Crippen LogP contribution in [0.3, 0.4) is 0 Å². The van der Waals surface area contributed by atoms with Crippen LogP contribution in [0.1, 0.15) is 13.3 Å². The van der Waals surface area contributed by atoms with E-state index in [2.05, 4.69) is 14.6 Å². The normalized spacial score (nSPS) is 14.7. The topological polar surface area (TPSA) is 96.6 Å². The maximum atomic E-state index is 10.7. The first-order valence-corrected chi connectivity index (χ1v) is 5.15. The Hall–Kier alpha value is 1.03. The summed E-state index contributed by atoms with van der Waals surface area (Å²) in [5.41, 5.74) is 7.24. The Kier molecular flexibility index (Phi) is 12.1. The van der Waals surface area contributed by atoms with Crippen molar-refractivity contribution in [2.45, 2.75) is 13.3 Å². The molecule has 0 rings (SSSR count). The van der Waals surface area contributed by atoms with E-state index in [0.717, 1.165) is 0 Å². The summed E-state index contributed by atoms with van der Waals surface area (Å²) in [6.07, 6.45) is 0.618. The first kappa shape index (κ1) is 16.5. The van der Waals surface area contributed by atoms with E-state index >= 15 is 0 Å². The average Bonchev–Trinajstić information content (AvgIpc) is 2.01. The fourth-order valence-electron chi connectivity index (χ4n) is 0.413. The van der Waals surface area contributed by atoms with Gasteiger partial charge in [0.15, 0.2) is 0 Å². The Morgan fingerprint density at radius 2 is 2.23 bits per heavy atom. The maximum absolute atomic E-state index is 10.7. The van der Waals surface area contributed by atoms with Gasteiger partial charge in [-0.25, -0.2) is 4.62 Å². The predicted molar refractivity (Wildman–Crippen MR) is 42.0 cm³/mol. The molecular formula is C5H14N2NaO4P. The molecule has 0 saturated carbocycles. The van der Waals surface area contributed by atoms with Crippen molar-refractivity contribution in [2.75, 3.05) is 19.7 Å². The van der Waals surface area contributed by atoms with Crippen LogP contribution in [-0.4, -0.2) is 19.7 Å². The van der Waals surface area contributed by atoms with E-state index in [-0.39, 0.29) is 42.7 Å². The minimum absolute atomic E-state index is 0. The van der Waals surface area contributed by atoms with E-state index in [1.54, 1.807) is 6.92 Å². The van der Waals surface area contributed by atoms with Crippen LogP contribution in [0.15, 0.2) is 0 Å². The number of nitrogens with two attached hydrogens (primary N) is 1. The second-order valence-corrected chi connectivity index (χ2v) is 3.39. The largest absolute Gasteiger partial charge is 1.00 e. The van der Waals surface area contributed by atoms with E-state index in [1.807, 2.05) is 0 Å². The Labute approximate surface area is 100 Å². The standard InChI is InChI=1S/C5H15N2O4P.Na/c1-2-5-10-12(8,9)11-7-4-3-6;/h7H,2-6H2,1H3,(H,8,9);/q;+1/p-1. The van der Waals surface area contributed by atoms with Crippen molar-refractivity contribution < 1.29 is 48.2 Å². The van der Waals surface area contributed by atoms with Gasteiger partial charge in [-0.1, -0.05) is 6.92 Å². The van der Waals surface area contributed by atoms with E-state index in [0.29, 0.717) is 13.0 Å². The molecule has 0 bridgehead atoms. The molecule has 8 heteroatoms.